The van der Waals surface area contributed by atoms with E-state index in [9.17, 15) is 20.1 Å². The van der Waals surface area contributed by atoms with Crippen LogP contribution in [-0.4, -0.2) is 46.1 Å². The van der Waals surface area contributed by atoms with E-state index in [2.05, 4.69) is 31.3 Å². The average Bonchev–Trinajstić information content (AvgIpc) is 2.94. The van der Waals surface area contributed by atoms with E-state index in [1.54, 1.807) is 6.08 Å². The van der Waals surface area contributed by atoms with Gasteiger partial charge in [-0.1, -0.05) is 141 Å². The van der Waals surface area contributed by atoms with Crippen LogP contribution in [0.5, 0.6) is 0 Å². The molecule has 0 aromatic heterocycles. The number of aliphatic hydroxyl groups is 3. The minimum absolute atomic E-state index is 0.365. The van der Waals surface area contributed by atoms with Gasteiger partial charge in [0.1, 0.15) is 6.10 Å². The molecular formula is C34H65NO4. The quantitative estimate of drug-likeness (QED) is 0.0556. The molecule has 39 heavy (non-hydrogen) atoms. The Morgan fingerprint density at radius 3 is 1.49 bits per heavy atom. The van der Waals surface area contributed by atoms with Crippen LogP contribution < -0.4 is 5.32 Å². The molecule has 0 heterocycles. The molecule has 0 spiro atoms. The number of unbranched alkanes of at least 4 members (excludes halogenated alkanes) is 19. The molecule has 1 amide bonds. The van der Waals surface area contributed by atoms with Gasteiger partial charge in [0.25, 0.3) is 0 Å². The third-order valence-electron chi connectivity index (χ3n) is 7.54. The lowest BCUT2D eigenvalue weighted by atomic mass is 10.0. The summed E-state index contributed by atoms with van der Waals surface area (Å²) in [6.07, 6.45) is 33.3. The number of hydrogen-bond acceptors (Lipinski definition) is 4. The van der Waals surface area contributed by atoms with E-state index >= 15 is 0 Å². The SMILES string of the molecule is CCCCCCCC/C=C\CCCCCCCCC(O)C(=O)NC(CO)C(O)/C=C/CCCCCCCCC. The molecule has 0 saturated carbocycles. The number of nitrogens with one attached hydrogen (secondary N) is 1. The second-order valence-corrected chi connectivity index (χ2v) is 11.4. The van der Waals surface area contributed by atoms with E-state index in [1.807, 2.05) is 6.08 Å². The summed E-state index contributed by atoms with van der Waals surface area (Å²) < 4.78 is 0. The highest BCUT2D eigenvalue weighted by Gasteiger charge is 2.22. The van der Waals surface area contributed by atoms with Crippen LogP contribution in [0.4, 0.5) is 0 Å². The molecular weight excluding hydrogens is 486 g/mol. The van der Waals surface area contributed by atoms with Gasteiger partial charge in [0.05, 0.1) is 18.8 Å². The average molecular weight is 552 g/mol. The highest BCUT2D eigenvalue weighted by Crippen LogP contribution is 2.12. The standard InChI is InChI=1S/C34H65NO4/c1-3-5-7-9-11-13-14-15-16-17-18-19-21-23-25-27-29-33(38)34(39)35-31(30-36)32(37)28-26-24-22-20-12-10-8-6-4-2/h15-16,26,28,31-33,36-38H,3-14,17-25,27,29-30H2,1-2H3,(H,35,39)/b16-15-,28-26+. The first-order chi connectivity index (χ1) is 19.1. The summed E-state index contributed by atoms with van der Waals surface area (Å²) in [5.74, 6) is -0.513. The molecule has 0 aliphatic carbocycles. The maximum Gasteiger partial charge on any atom is 0.249 e. The van der Waals surface area contributed by atoms with Gasteiger partial charge in [0.2, 0.25) is 5.91 Å². The van der Waals surface area contributed by atoms with Crippen molar-refractivity contribution in [2.75, 3.05) is 6.61 Å². The fraction of sp³-hybridized carbons (Fsp3) is 0.853. The van der Waals surface area contributed by atoms with Gasteiger partial charge in [-0.05, 0) is 44.9 Å². The van der Waals surface area contributed by atoms with Crippen molar-refractivity contribution in [2.45, 2.75) is 180 Å². The Balaban J connectivity index is 3.77. The molecule has 0 aromatic carbocycles. The Morgan fingerprint density at radius 2 is 1.03 bits per heavy atom. The Kier molecular flexibility index (Phi) is 28.9. The summed E-state index contributed by atoms with van der Waals surface area (Å²) in [5.41, 5.74) is 0. The summed E-state index contributed by atoms with van der Waals surface area (Å²) >= 11 is 0. The van der Waals surface area contributed by atoms with Crippen molar-refractivity contribution in [3.8, 4) is 0 Å². The Bertz CT molecular complexity index is 578. The summed E-state index contributed by atoms with van der Waals surface area (Å²) in [5, 5.41) is 32.7. The van der Waals surface area contributed by atoms with E-state index in [4.69, 9.17) is 0 Å². The van der Waals surface area contributed by atoms with Crippen molar-refractivity contribution in [3.63, 3.8) is 0 Å². The van der Waals surface area contributed by atoms with E-state index in [-0.39, 0.29) is 6.61 Å². The first-order valence-electron chi connectivity index (χ1n) is 16.7. The van der Waals surface area contributed by atoms with Crippen LogP contribution in [0.25, 0.3) is 0 Å². The predicted molar refractivity (Wildman–Crippen MR) is 167 cm³/mol. The van der Waals surface area contributed by atoms with Crippen molar-refractivity contribution in [3.05, 3.63) is 24.3 Å². The molecule has 4 N–H and O–H groups in total. The van der Waals surface area contributed by atoms with E-state index in [0.29, 0.717) is 6.42 Å². The molecule has 0 saturated heterocycles. The largest absolute Gasteiger partial charge is 0.394 e. The van der Waals surface area contributed by atoms with Crippen LogP contribution in [0.2, 0.25) is 0 Å². The van der Waals surface area contributed by atoms with Crippen LogP contribution in [0.1, 0.15) is 162 Å². The topological polar surface area (TPSA) is 89.8 Å². The number of hydrogen-bond donors (Lipinski definition) is 4. The Morgan fingerprint density at radius 1 is 0.615 bits per heavy atom. The molecule has 0 fully saturated rings. The van der Waals surface area contributed by atoms with Gasteiger partial charge in [0, 0.05) is 0 Å². The van der Waals surface area contributed by atoms with Crippen LogP contribution in [0, 0.1) is 0 Å². The minimum atomic E-state index is -1.10. The van der Waals surface area contributed by atoms with Crippen LogP contribution in [0.15, 0.2) is 24.3 Å². The number of rotatable bonds is 29. The maximum atomic E-state index is 12.3. The van der Waals surface area contributed by atoms with Gasteiger partial charge in [-0.15, -0.1) is 0 Å². The highest BCUT2D eigenvalue weighted by atomic mass is 16.3. The Labute approximate surface area is 241 Å². The molecule has 5 heteroatoms. The summed E-state index contributed by atoms with van der Waals surface area (Å²) in [6.45, 7) is 4.11. The molecule has 0 radical (unpaired) electrons. The van der Waals surface area contributed by atoms with Gasteiger partial charge in [-0.25, -0.2) is 0 Å². The van der Waals surface area contributed by atoms with E-state index in [1.165, 1.54) is 109 Å². The predicted octanol–water partition coefficient (Wildman–Crippen LogP) is 8.31. The normalized spacial score (nSPS) is 14.3. The lowest BCUT2D eigenvalue weighted by molar-refractivity contribution is -0.131. The van der Waals surface area contributed by atoms with Gasteiger partial charge in [-0.3, -0.25) is 4.79 Å². The molecule has 5 nitrogen and oxygen atoms in total. The first kappa shape index (κ1) is 37.8. The molecule has 3 atom stereocenters. The molecule has 0 aromatic rings. The third kappa shape index (κ3) is 25.5. The number of carbonyl (C=O) groups is 1. The van der Waals surface area contributed by atoms with Crippen molar-refractivity contribution in [2.24, 2.45) is 0 Å². The summed E-state index contributed by atoms with van der Waals surface area (Å²) in [6, 6.07) is -0.794. The van der Waals surface area contributed by atoms with Gasteiger partial charge in [-0.2, -0.15) is 0 Å². The smallest absolute Gasteiger partial charge is 0.249 e. The number of allylic oxidation sites excluding steroid dienone is 3. The third-order valence-corrected chi connectivity index (χ3v) is 7.54. The second kappa shape index (κ2) is 29.8. The molecule has 0 aliphatic rings. The lowest BCUT2D eigenvalue weighted by Gasteiger charge is -2.21. The molecule has 0 bridgehead atoms. The zero-order chi connectivity index (χ0) is 28.8. The second-order valence-electron chi connectivity index (χ2n) is 11.4. The monoisotopic (exact) mass is 551 g/mol. The summed E-state index contributed by atoms with van der Waals surface area (Å²) in [4.78, 5) is 12.3. The number of amides is 1. The first-order valence-corrected chi connectivity index (χ1v) is 16.7. The van der Waals surface area contributed by atoms with Gasteiger partial charge < -0.3 is 20.6 Å². The van der Waals surface area contributed by atoms with E-state index < -0.39 is 24.2 Å². The highest BCUT2D eigenvalue weighted by molar-refractivity contribution is 5.80. The molecule has 0 rings (SSSR count). The lowest BCUT2D eigenvalue weighted by Crippen LogP contribution is -2.48. The van der Waals surface area contributed by atoms with Crippen molar-refractivity contribution >= 4 is 5.91 Å². The molecule has 230 valence electrons. The molecule has 3 unspecified atom stereocenters. The number of carbonyl (C=O) groups excluding carboxylic acids is 1. The van der Waals surface area contributed by atoms with Gasteiger partial charge in [0.15, 0.2) is 0 Å². The zero-order valence-electron chi connectivity index (χ0n) is 25.8. The van der Waals surface area contributed by atoms with Crippen molar-refractivity contribution in [1.82, 2.24) is 5.32 Å². The van der Waals surface area contributed by atoms with Crippen molar-refractivity contribution < 1.29 is 20.1 Å². The Hall–Kier alpha value is -1.17. The van der Waals surface area contributed by atoms with Crippen LogP contribution in [-0.2, 0) is 4.79 Å². The summed E-state index contributed by atoms with van der Waals surface area (Å²) in [7, 11) is 0. The van der Waals surface area contributed by atoms with Crippen molar-refractivity contribution in [1.29, 1.82) is 0 Å². The van der Waals surface area contributed by atoms with Gasteiger partial charge >= 0.3 is 0 Å². The van der Waals surface area contributed by atoms with Crippen LogP contribution >= 0.6 is 0 Å². The fourth-order valence-electron chi connectivity index (χ4n) is 4.82. The van der Waals surface area contributed by atoms with Crippen LogP contribution in [0.3, 0.4) is 0 Å². The molecule has 0 aliphatic heterocycles. The number of aliphatic hydroxyl groups excluding tert-OH is 3. The minimum Gasteiger partial charge on any atom is -0.394 e. The maximum absolute atomic E-state index is 12.3. The van der Waals surface area contributed by atoms with E-state index in [0.717, 1.165) is 32.1 Å². The fourth-order valence-corrected chi connectivity index (χ4v) is 4.82. The zero-order valence-corrected chi connectivity index (χ0v) is 25.8.